The van der Waals surface area contributed by atoms with Gasteiger partial charge in [0.15, 0.2) is 11.4 Å². The predicted molar refractivity (Wildman–Crippen MR) is 149 cm³/mol. The van der Waals surface area contributed by atoms with Crippen molar-refractivity contribution in [1.29, 1.82) is 0 Å². The number of allylic oxidation sites excluding steroid dienone is 1. The Balaban J connectivity index is 1.66. The molecule has 7 N–H and O–H groups in total. The number of fused-ring (bicyclic) bond motifs is 3. The number of rotatable bonds is 6. The van der Waals surface area contributed by atoms with Crippen molar-refractivity contribution in [2.45, 2.75) is 38.0 Å². The van der Waals surface area contributed by atoms with Crippen LogP contribution >= 0.6 is 0 Å². The van der Waals surface area contributed by atoms with E-state index in [1.807, 2.05) is 11.8 Å². The Morgan fingerprint density at radius 2 is 1.85 bits per heavy atom. The number of hydrogen-bond donors (Lipinski definition) is 6. The summed E-state index contributed by atoms with van der Waals surface area (Å²) in [5.41, 5.74) is 3.06. The van der Waals surface area contributed by atoms with E-state index in [9.17, 15) is 34.8 Å². The Hall–Kier alpha value is -4.29. The van der Waals surface area contributed by atoms with E-state index in [-0.39, 0.29) is 42.0 Å². The number of ketones is 2. The molecule has 1 heterocycles. The van der Waals surface area contributed by atoms with Crippen molar-refractivity contribution in [3.05, 3.63) is 63.5 Å². The number of furan rings is 1. The molecule has 1 amide bonds. The monoisotopic (exact) mass is 566 g/mol. The molecule has 0 aliphatic heterocycles. The molecule has 12 heteroatoms. The van der Waals surface area contributed by atoms with Gasteiger partial charge in [-0.15, -0.1) is 0 Å². The van der Waals surface area contributed by atoms with Crippen LogP contribution in [0.15, 0.2) is 45.3 Å². The number of amides is 1. The van der Waals surface area contributed by atoms with E-state index in [4.69, 9.17) is 10.2 Å². The largest absolute Gasteiger partial charge is 0.510 e. The first kappa shape index (κ1) is 28.2. The first-order valence-electron chi connectivity index (χ1n) is 13.2. The first-order valence-corrected chi connectivity index (χ1v) is 13.2. The zero-order valence-corrected chi connectivity index (χ0v) is 23.5. The number of nitrogens with zero attached hydrogens (tertiary/aromatic N) is 2. The van der Waals surface area contributed by atoms with Crippen molar-refractivity contribution in [1.82, 2.24) is 4.90 Å². The topological polar surface area (TPSA) is 190 Å². The molecule has 4 unspecified atom stereocenters. The van der Waals surface area contributed by atoms with Crippen molar-refractivity contribution in [3.63, 3.8) is 0 Å². The highest BCUT2D eigenvalue weighted by atomic mass is 16.4. The van der Waals surface area contributed by atoms with Gasteiger partial charge in [-0.1, -0.05) is 0 Å². The van der Waals surface area contributed by atoms with Crippen LogP contribution in [0.4, 0.5) is 11.4 Å². The number of aromatic hydroxyl groups is 1. The SMILES string of the molecule is Cc1ccc(CNc2cc(N(C)C)c3c(c2O)C(=O)C2=C(O)C4(O)C(=O)C(C(N)=O)=C(O)C(N(C)C)C4CC2C3)o1. The van der Waals surface area contributed by atoms with Gasteiger partial charge < -0.3 is 40.8 Å². The summed E-state index contributed by atoms with van der Waals surface area (Å²) in [6, 6.07) is 4.28. The maximum absolute atomic E-state index is 14.1. The van der Waals surface area contributed by atoms with Crippen molar-refractivity contribution < 1.29 is 39.2 Å². The fourth-order valence-electron chi connectivity index (χ4n) is 6.60. The van der Waals surface area contributed by atoms with E-state index in [2.05, 4.69) is 5.32 Å². The van der Waals surface area contributed by atoms with E-state index < -0.39 is 58.0 Å². The van der Waals surface area contributed by atoms with Crippen LogP contribution in [0.3, 0.4) is 0 Å². The highest BCUT2D eigenvalue weighted by Crippen LogP contribution is 2.53. The average Bonchev–Trinajstić information content (AvgIpc) is 3.30. The Morgan fingerprint density at radius 3 is 2.41 bits per heavy atom. The number of nitrogens with one attached hydrogen (secondary N) is 1. The first-order chi connectivity index (χ1) is 19.2. The van der Waals surface area contributed by atoms with Gasteiger partial charge in [-0.2, -0.15) is 0 Å². The molecule has 0 saturated carbocycles. The lowest BCUT2D eigenvalue weighted by atomic mass is 9.58. The molecule has 5 rings (SSSR count). The van der Waals surface area contributed by atoms with Gasteiger partial charge in [0, 0.05) is 31.3 Å². The summed E-state index contributed by atoms with van der Waals surface area (Å²) in [5.74, 6) is -5.51. The molecule has 1 aromatic carbocycles. The number of anilines is 2. The highest BCUT2D eigenvalue weighted by Gasteiger charge is 2.63. The number of carbonyl (C=O) groups is 3. The number of hydrogen-bond acceptors (Lipinski definition) is 11. The summed E-state index contributed by atoms with van der Waals surface area (Å²) < 4.78 is 5.59. The molecule has 4 atom stereocenters. The molecule has 0 fully saturated rings. The Labute approximate surface area is 236 Å². The second-order valence-electron chi connectivity index (χ2n) is 11.4. The number of benzene rings is 1. The summed E-state index contributed by atoms with van der Waals surface area (Å²) in [4.78, 5) is 43.0. The second-order valence-corrected chi connectivity index (χ2v) is 11.4. The zero-order chi connectivity index (χ0) is 30.1. The lowest BCUT2D eigenvalue weighted by molar-refractivity contribution is -0.148. The number of nitrogens with two attached hydrogens (primary N) is 1. The molecule has 3 aliphatic carbocycles. The van der Waals surface area contributed by atoms with Crippen LogP contribution in [0.2, 0.25) is 0 Å². The fourth-order valence-corrected chi connectivity index (χ4v) is 6.60. The smallest absolute Gasteiger partial charge is 0.255 e. The molecule has 3 aliphatic rings. The number of aliphatic hydroxyl groups excluding tert-OH is 2. The molecule has 12 nitrogen and oxygen atoms in total. The Kier molecular flexibility index (Phi) is 6.66. The third-order valence-electron chi connectivity index (χ3n) is 8.43. The molecule has 0 spiro atoms. The zero-order valence-electron chi connectivity index (χ0n) is 23.5. The Morgan fingerprint density at radius 1 is 1.17 bits per heavy atom. The van der Waals surface area contributed by atoms with Gasteiger partial charge in [-0.3, -0.25) is 19.3 Å². The van der Waals surface area contributed by atoms with Crippen molar-refractivity contribution >= 4 is 28.8 Å². The third-order valence-corrected chi connectivity index (χ3v) is 8.43. The summed E-state index contributed by atoms with van der Waals surface area (Å²) in [6.45, 7) is 2.04. The normalized spacial score (nSPS) is 25.7. The summed E-state index contributed by atoms with van der Waals surface area (Å²) in [5, 5.41) is 48.6. The number of carbonyl (C=O) groups excluding carboxylic acids is 3. The molecule has 1 aromatic heterocycles. The number of aryl methyl sites for hydroxylation is 1. The lowest BCUT2D eigenvalue weighted by Crippen LogP contribution is -2.63. The second kappa shape index (κ2) is 9.67. The molecular formula is C29H34N4O8. The maximum Gasteiger partial charge on any atom is 0.255 e. The van der Waals surface area contributed by atoms with E-state index >= 15 is 0 Å². The molecule has 41 heavy (non-hydrogen) atoms. The van der Waals surface area contributed by atoms with Crippen molar-refractivity contribution in [3.8, 4) is 5.75 Å². The van der Waals surface area contributed by atoms with E-state index in [0.29, 0.717) is 17.0 Å². The number of phenols is 1. The maximum atomic E-state index is 14.1. The van der Waals surface area contributed by atoms with Gasteiger partial charge in [0.25, 0.3) is 5.91 Å². The number of aliphatic hydroxyl groups is 3. The van der Waals surface area contributed by atoms with Crippen LogP contribution < -0.4 is 16.0 Å². The molecule has 0 bridgehead atoms. The lowest BCUT2D eigenvalue weighted by Gasteiger charge is -2.50. The minimum atomic E-state index is -2.68. The van der Waals surface area contributed by atoms with Crippen LogP contribution in [0.25, 0.3) is 0 Å². The minimum absolute atomic E-state index is 0.0250. The van der Waals surface area contributed by atoms with Crippen molar-refractivity contribution in [2.24, 2.45) is 17.6 Å². The minimum Gasteiger partial charge on any atom is -0.510 e. The fraction of sp³-hybridized carbons (Fsp3) is 0.414. The van der Waals surface area contributed by atoms with Crippen LogP contribution in [0.1, 0.15) is 33.9 Å². The van der Waals surface area contributed by atoms with Gasteiger partial charge in [0.2, 0.25) is 5.78 Å². The third kappa shape index (κ3) is 4.08. The van der Waals surface area contributed by atoms with Crippen LogP contribution in [0.5, 0.6) is 5.75 Å². The standard InChI is InChI=1S/C29H34N4O8/c1-12-6-7-14(41-12)11-31-17-10-18(32(2)3)15-8-13-9-16-22(33(4)5)25(36)21(28(30)39)27(38)29(16,40)26(37)19(13)24(35)20(15)23(17)34/h6-7,10,13,16,22,31,34,36-37,40H,8-9,11H2,1-5H3,(H2,30,39). The number of Topliss-reactive ketones (excluding diaryl/α,β-unsaturated/α-hetero) is 2. The van der Waals surface area contributed by atoms with Gasteiger partial charge in [-0.05, 0) is 63.5 Å². The van der Waals surface area contributed by atoms with Gasteiger partial charge in [0.05, 0.1) is 23.8 Å². The number of likely N-dealkylation sites (N-methyl/N-ethyl adjacent to an activating group) is 1. The number of primary amides is 1. The van der Waals surface area contributed by atoms with Crippen molar-refractivity contribution in [2.75, 3.05) is 38.4 Å². The summed E-state index contributed by atoms with van der Waals surface area (Å²) >= 11 is 0. The van der Waals surface area contributed by atoms with Crippen LogP contribution in [0, 0.1) is 18.8 Å². The predicted octanol–water partition coefficient (Wildman–Crippen LogP) is 1.70. The molecule has 218 valence electrons. The number of phenolic OH excluding ortho intramolecular Hbond substituents is 1. The quantitative estimate of drug-likeness (QED) is 0.220. The van der Waals surface area contributed by atoms with E-state index in [1.165, 1.54) is 4.90 Å². The molecule has 0 saturated heterocycles. The van der Waals surface area contributed by atoms with Gasteiger partial charge in [-0.25, -0.2) is 0 Å². The van der Waals surface area contributed by atoms with Crippen LogP contribution in [-0.2, 0) is 22.6 Å². The highest BCUT2D eigenvalue weighted by molar-refractivity contribution is 6.25. The van der Waals surface area contributed by atoms with Gasteiger partial charge >= 0.3 is 0 Å². The summed E-state index contributed by atoms with van der Waals surface area (Å²) in [6.07, 6.45) is 0.227. The van der Waals surface area contributed by atoms with Gasteiger partial charge in [0.1, 0.15) is 34.4 Å². The van der Waals surface area contributed by atoms with E-state index in [1.54, 1.807) is 46.4 Å². The Bertz CT molecular complexity index is 1550. The summed E-state index contributed by atoms with van der Waals surface area (Å²) in [7, 11) is 6.78. The molecule has 0 radical (unpaired) electrons. The van der Waals surface area contributed by atoms with E-state index in [0.717, 1.165) is 5.76 Å². The average molecular weight is 567 g/mol. The molecule has 2 aromatic rings. The van der Waals surface area contributed by atoms with Crippen LogP contribution in [-0.4, -0.2) is 82.6 Å². The molecular weight excluding hydrogens is 532 g/mol.